The molecule has 0 atom stereocenters. The fourth-order valence-corrected chi connectivity index (χ4v) is 4.35. The molecule has 3 fully saturated rings. The normalized spacial score (nSPS) is 21.3. The summed E-state index contributed by atoms with van der Waals surface area (Å²) >= 11 is 0. The largest absolute Gasteiger partial charge is 0.369 e. The number of likely N-dealkylation sites (tertiary alicyclic amines) is 1. The molecule has 0 spiro atoms. The van der Waals surface area contributed by atoms with Crippen LogP contribution in [0.4, 0.5) is 5.69 Å². The van der Waals surface area contributed by atoms with Gasteiger partial charge in [-0.05, 0) is 69.3 Å². The predicted molar refractivity (Wildman–Crippen MR) is 115 cm³/mol. The lowest BCUT2D eigenvalue weighted by Crippen LogP contribution is -2.44. The van der Waals surface area contributed by atoms with Crippen LogP contribution in [0.1, 0.15) is 48.9 Å². The van der Waals surface area contributed by atoms with Gasteiger partial charge in [0.2, 0.25) is 5.91 Å². The van der Waals surface area contributed by atoms with Gasteiger partial charge in [0.15, 0.2) is 0 Å². The molecular weight excluding hydrogens is 364 g/mol. The van der Waals surface area contributed by atoms with E-state index in [-0.39, 0.29) is 11.8 Å². The number of nitrogens with one attached hydrogen (secondary N) is 1. The number of anilines is 1. The molecule has 158 valence electrons. The van der Waals surface area contributed by atoms with Crippen LogP contribution in [0, 0.1) is 5.92 Å². The molecule has 0 aromatic heterocycles. The first kappa shape index (κ1) is 20.2. The Balaban J connectivity index is 1.22. The van der Waals surface area contributed by atoms with E-state index in [4.69, 9.17) is 0 Å². The minimum Gasteiger partial charge on any atom is -0.369 e. The number of likely N-dealkylation sites (N-methyl/N-ethyl adjacent to an activating group) is 1. The van der Waals surface area contributed by atoms with Crippen molar-refractivity contribution in [2.24, 2.45) is 5.92 Å². The molecule has 1 saturated carbocycles. The number of hydrogen-bond donors (Lipinski definition) is 1. The van der Waals surface area contributed by atoms with Crippen LogP contribution in [-0.4, -0.2) is 74.0 Å². The molecule has 6 nitrogen and oxygen atoms in total. The van der Waals surface area contributed by atoms with Gasteiger partial charge in [-0.25, -0.2) is 0 Å². The van der Waals surface area contributed by atoms with Crippen LogP contribution >= 0.6 is 0 Å². The van der Waals surface area contributed by atoms with Gasteiger partial charge in [-0.15, -0.1) is 0 Å². The van der Waals surface area contributed by atoms with Gasteiger partial charge in [0.25, 0.3) is 5.91 Å². The maximum absolute atomic E-state index is 12.9. The van der Waals surface area contributed by atoms with E-state index in [1.165, 1.54) is 5.69 Å². The lowest BCUT2D eigenvalue weighted by molar-refractivity contribution is -0.121. The Kier molecular flexibility index (Phi) is 6.38. The second-order valence-corrected chi connectivity index (χ2v) is 8.95. The van der Waals surface area contributed by atoms with E-state index >= 15 is 0 Å². The number of rotatable bonds is 6. The third kappa shape index (κ3) is 5.50. The Morgan fingerprint density at radius 3 is 2.21 bits per heavy atom. The second kappa shape index (κ2) is 9.16. The van der Waals surface area contributed by atoms with Crippen LogP contribution in [0.15, 0.2) is 24.3 Å². The zero-order chi connectivity index (χ0) is 20.2. The van der Waals surface area contributed by atoms with Gasteiger partial charge in [-0.3, -0.25) is 9.59 Å². The molecule has 6 heteroatoms. The maximum atomic E-state index is 12.9. The molecule has 4 rings (SSSR count). The quantitative estimate of drug-likeness (QED) is 0.799. The van der Waals surface area contributed by atoms with Gasteiger partial charge >= 0.3 is 0 Å². The van der Waals surface area contributed by atoms with Gasteiger partial charge in [0.1, 0.15) is 0 Å². The summed E-state index contributed by atoms with van der Waals surface area (Å²) in [5, 5.41) is 3.06. The number of piperazine rings is 1. The Hall–Kier alpha value is -2.08. The molecule has 2 heterocycles. The van der Waals surface area contributed by atoms with Crippen molar-refractivity contribution in [2.75, 3.05) is 51.2 Å². The first-order valence-corrected chi connectivity index (χ1v) is 11.2. The Bertz CT molecular complexity index is 700. The summed E-state index contributed by atoms with van der Waals surface area (Å²) in [7, 11) is 2.16. The Morgan fingerprint density at radius 1 is 0.931 bits per heavy atom. The van der Waals surface area contributed by atoms with Crippen molar-refractivity contribution in [2.45, 2.75) is 44.6 Å². The Labute approximate surface area is 174 Å². The number of benzene rings is 1. The molecule has 2 saturated heterocycles. The molecule has 1 N–H and O–H groups in total. The first-order chi connectivity index (χ1) is 14.1. The molecule has 1 aromatic rings. The molecule has 2 amide bonds. The van der Waals surface area contributed by atoms with Gasteiger partial charge in [-0.2, -0.15) is 0 Å². The van der Waals surface area contributed by atoms with Crippen LogP contribution in [-0.2, 0) is 4.79 Å². The molecule has 3 aliphatic rings. The fraction of sp³-hybridized carbons (Fsp3) is 0.652. The van der Waals surface area contributed by atoms with Crippen LogP contribution in [0.3, 0.4) is 0 Å². The van der Waals surface area contributed by atoms with Gasteiger partial charge < -0.3 is 20.0 Å². The Morgan fingerprint density at radius 2 is 1.59 bits per heavy atom. The summed E-state index contributed by atoms with van der Waals surface area (Å²) in [4.78, 5) is 31.5. The summed E-state index contributed by atoms with van der Waals surface area (Å²) in [5.74, 6) is 0.898. The number of hydrogen-bond acceptors (Lipinski definition) is 4. The minimum atomic E-state index is 0.139. The van der Waals surface area contributed by atoms with E-state index in [1.54, 1.807) is 0 Å². The highest BCUT2D eigenvalue weighted by Crippen LogP contribution is 2.25. The summed E-state index contributed by atoms with van der Waals surface area (Å²) in [6.07, 6.45) is 5.86. The van der Waals surface area contributed by atoms with Crippen molar-refractivity contribution in [3.05, 3.63) is 29.8 Å². The van der Waals surface area contributed by atoms with Crippen LogP contribution in [0.25, 0.3) is 0 Å². The van der Waals surface area contributed by atoms with E-state index < -0.39 is 0 Å². The van der Waals surface area contributed by atoms with Gasteiger partial charge in [0.05, 0.1) is 0 Å². The zero-order valence-corrected chi connectivity index (χ0v) is 17.6. The standard InChI is InChI=1S/C23H34N4O2/c1-25-14-16-26(17-15-25)21-7-3-19(4-8-21)23(29)27-12-10-18(11-13-27)2-9-22(28)24-20-5-6-20/h3-4,7-8,18,20H,2,5-6,9-17H2,1H3,(H,24,28). The van der Waals surface area contributed by atoms with E-state index in [2.05, 4.69) is 34.3 Å². The second-order valence-electron chi connectivity index (χ2n) is 8.95. The van der Waals surface area contributed by atoms with E-state index in [0.717, 1.165) is 76.9 Å². The summed E-state index contributed by atoms with van der Waals surface area (Å²) in [6, 6.07) is 8.58. The van der Waals surface area contributed by atoms with Crippen molar-refractivity contribution < 1.29 is 9.59 Å². The van der Waals surface area contributed by atoms with Crippen LogP contribution < -0.4 is 10.2 Å². The van der Waals surface area contributed by atoms with E-state index in [0.29, 0.717) is 18.4 Å². The summed E-state index contributed by atoms with van der Waals surface area (Å²) < 4.78 is 0. The monoisotopic (exact) mass is 398 g/mol. The predicted octanol–water partition coefficient (Wildman–Crippen LogP) is 2.35. The molecule has 0 bridgehead atoms. The minimum absolute atomic E-state index is 0.139. The van der Waals surface area contributed by atoms with E-state index in [9.17, 15) is 9.59 Å². The molecule has 2 aliphatic heterocycles. The summed E-state index contributed by atoms with van der Waals surface area (Å²) in [6.45, 7) is 5.84. The lowest BCUT2D eigenvalue weighted by Gasteiger charge is -2.34. The molecule has 0 unspecified atom stereocenters. The average Bonchev–Trinajstić information content (AvgIpc) is 3.57. The smallest absolute Gasteiger partial charge is 0.253 e. The molecular formula is C23H34N4O2. The number of nitrogens with zero attached hydrogens (tertiary/aromatic N) is 3. The van der Waals surface area contributed by atoms with Crippen molar-refractivity contribution in [3.63, 3.8) is 0 Å². The highest BCUT2D eigenvalue weighted by molar-refractivity contribution is 5.94. The third-order valence-corrected chi connectivity index (χ3v) is 6.61. The van der Waals surface area contributed by atoms with Gasteiger partial charge in [0, 0.05) is 63.0 Å². The van der Waals surface area contributed by atoms with Crippen LogP contribution in [0.2, 0.25) is 0 Å². The van der Waals surface area contributed by atoms with Crippen LogP contribution in [0.5, 0.6) is 0 Å². The molecule has 1 aromatic carbocycles. The fourth-order valence-electron chi connectivity index (χ4n) is 4.35. The zero-order valence-electron chi connectivity index (χ0n) is 17.6. The van der Waals surface area contributed by atoms with E-state index in [1.807, 2.05) is 17.0 Å². The van der Waals surface area contributed by atoms with Crippen molar-refractivity contribution >= 4 is 17.5 Å². The summed E-state index contributed by atoms with van der Waals surface area (Å²) in [5.41, 5.74) is 1.99. The lowest BCUT2D eigenvalue weighted by atomic mass is 9.91. The van der Waals surface area contributed by atoms with Crippen molar-refractivity contribution in [3.8, 4) is 0 Å². The SMILES string of the molecule is CN1CCN(c2ccc(C(=O)N3CCC(CCC(=O)NC4CC4)CC3)cc2)CC1. The number of amides is 2. The van der Waals surface area contributed by atoms with Gasteiger partial charge in [-0.1, -0.05) is 0 Å². The highest BCUT2D eigenvalue weighted by Gasteiger charge is 2.26. The van der Waals surface area contributed by atoms with Crippen molar-refractivity contribution in [1.82, 2.24) is 15.1 Å². The third-order valence-electron chi connectivity index (χ3n) is 6.61. The maximum Gasteiger partial charge on any atom is 0.253 e. The number of piperidine rings is 1. The average molecular weight is 399 g/mol. The molecule has 29 heavy (non-hydrogen) atoms. The number of carbonyl (C=O) groups is 2. The number of carbonyl (C=O) groups excluding carboxylic acids is 2. The first-order valence-electron chi connectivity index (χ1n) is 11.2. The molecule has 0 radical (unpaired) electrons. The molecule has 1 aliphatic carbocycles. The van der Waals surface area contributed by atoms with Crippen molar-refractivity contribution in [1.29, 1.82) is 0 Å². The highest BCUT2D eigenvalue weighted by atomic mass is 16.2. The topological polar surface area (TPSA) is 55.9 Å².